The average Bonchev–Trinajstić information content (AvgIpc) is 2.46. The predicted octanol–water partition coefficient (Wildman–Crippen LogP) is 3.28. The predicted molar refractivity (Wildman–Crippen MR) is 89.3 cm³/mol. The van der Waals surface area contributed by atoms with E-state index in [2.05, 4.69) is 39.5 Å². The van der Waals surface area contributed by atoms with Gasteiger partial charge in [0.1, 0.15) is 0 Å². The SMILES string of the molecule is CC(C)C1CC(CN)(N2CCC(C(C)(C)C)CC2)CCO1. The topological polar surface area (TPSA) is 38.5 Å². The van der Waals surface area contributed by atoms with Crippen molar-refractivity contribution in [3.05, 3.63) is 0 Å². The Bertz CT molecular complexity index is 329. The molecule has 2 heterocycles. The Labute approximate surface area is 131 Å². The van der Waals surface area contributed by atoms with Crippen LogP contribution < -0.4 is 5.73 Å². The minimum atomic E-state index is 0.191. The Kier molecular flexibility index (Phi) is 5.38. The smallest absolute Gasteiger partial charge is 0.0616 e. The van der Waals surface area contributed by atoms with Crippen molar-refractivity contribution in [2.75, 3.05) is 26.2 Å². The summed E-state index contributed by atoms with van der Waals surface area (Å²) in [5.41, 5.74) is 6.89. The largest absolute Gasteiger partial charge is 0.378 e. The first-order valence-electron chi connectivity index (χ1n) is 8.85. The lowest BCUT2D eigenvalue weighted by Crippen LogP contribution is -2.61. The summed E-state index contributed by atoms with van der Waals surface area (Å²) in [7, 11) is 0. The minimum Gasteiger partial charge on any atom is -0.378 e. The lowest BCUT2D eigenvalue weighted by Gasteiger charge is -2.52. The Morgan fingerprint density at radius 1 is 1.24 bits per heavy atom. The van der Waals surface area contributed by atoms with Gasteiger partial charge in [0.05, 0.1) is 6.10 Å². The van der Waals surface area contributed by atoms with Gasteiger partial charge in [-0.1, -0.05) is 34.6 Å². The van der Waals surface area contributed by atoms with Crippen molar-refractivity contribution in [1.82, 2.24) is 4.90 Å². The second kappa shape index (κ2) is 6.55. The van der Waals surface area contributed by atoms with Gasteiger partial charge in [0.15, 0.2) is 0 Å². The molecule has 0 aromatic heterocycles. The monoisotopic (exact) mass is 296 g/mol. The summed E-state index contributed by atoms with van der Waals surface area (Å²) in [4.78, 5) is 2.70. The van der Waals surface area contributed by atoms with Crippen LogP contribution in [0.4, 0.5) is 0 Å². The fourth-order valence-electron chi connectivity index (χ4n) is 4.19. The molecule has 0 aliphatic carbocycles. The molecule has 2 fully saturated rings. The highest BCUT2D eigenvalue weighted by Gasteiger charge is 2.43. The van der Waals surface area contributed by atoms with E-state index in [4.69, 9.17) is 10.5 Å². The summed E-state index contributed by atoms with van der Waals surface area (Å²) in [6.07, 6.45) is 5.23. The van der Waals surface area contributed by atoms with E-state index >= 15 is 0 Å². The van der Waals surface area contributed by atoms with Crippen LogP contribution in [0.25, 0.3) is 0 Å². The number of ether oxygens (including phenoxy) is 1. The van der Waals surface area contributed by atoms with Gasteiger partial charge >= 0.3 is 0 Å². The molecule has 21 heavy (non-hydrogen) atoms. The Hall–Kier alpha value is -0.120. The van der Waals surface area contributed by atoms with E-state index in [1.807, 2.05) is 0 Å². The summed E-state index contributed by atoms with van der Waals surface area (Å²) in [6, 6.07) is 0. The van der Waals surface area contributed by atoms with E-state index in [1.165, 1.54) is 25.9 Å². The molecule has 2 unspecified atom stereocenters. The van der Waals surface area contributed by atoms with E-state index in [9.17, 15) is 0 Å². The second-order valence-electron chi connectivity index (χ2n) is 8.66. The number of rotatable bonds is 3. The van der Waals surface area contributed by atoms with Crippen molar-refractivity contribution in [1.29, 1.82) is 0 Å². The first-order valence-corrected chi connectivity index (χ1v) is 8.85. The molecule has 2 aliphatic heterocycles. The van der Waals surface area contributed by atoms with Gasteiger partial charge in [-0.2, -0.15) is 0 Å². The van der Waals surface area contributed by atoms with E-state index in [-0.39, 0.29) is 5.54 Å². The molecule has 3 heteroatoms. The van der Waals surface area contributed by atoms with Gasteiger partial charge in [0.2, 0.25) is 0 Å². The highest BCUT2D eigenvalue weighted by Crippen LogP contribution is 2.39. The Morgan fingerprint density at radius 3 is 2.33 bits per heavy atom. The number of hydrogen-bond acceptors (Lipinski definition) is 3. The highest BCUT2D eigenvalue weighted by molar-refractivity contribution is 4.99. The van der Waals surface area contributed by atoms with Crippen molar-refractivity contribution >= 4 is 0 Å². The van der Waals surface area contributed by atoms with Crippen LogP contribution in [0.1, 0.15) is 60.3 Å². The molecule has 2 rings (SSSR count). The second-order valence-corrected chi connectivity index (χ2v) is 8.66. The third-order valence-corrected chi connectivity index (χ3v) is 5.99. The molecule has 0 aromatic rings. The minimum absolute atomic E-state index is 0.191. The van der Waals surface area contributed by atoms with Crippen LogP contribution in [0, 0.1) is 17.3 Å². The fraction of sp³-hybridized carbons (Fsp3) is 1.00. The van der Waals surface area contributed by atoms with Crippen molar-refractivity contribution in [2.45, 2.75) is 71.9 Å². The summed E-state index contributed by atoms with van der Waals surface area (Å²) >= 11 is 0. The Balaban J connectivity index is 2.02. The first-order chi connectivity index (χ1) is 9.78. The zero-order chi connectivity index (χ0) is 15.7. The molecule has 0 aromatic carbocycles. The number of likely N-dealkylation sites (tertiary alicyclic amines) is 1. The van der Waals surface area contributed by atoms with Crippen LogP contribution in [-0.4, -0.2) is 42.8 Å². The van der Waals surface area contributed by atoms with Gasteiger partial charge < -0.3 is 10.5 Å². The van der Waals surface area contributed by atoms with Gasteiger partial charge in [0.25, 0.3) is 0 Å². The number of hydrogen-bond donors (Lipinski definition) is 1. The molecule has 2 N–H and O–H groups in total. The molecule has 0 radical (unpaired) electrons. The van der Waals surface area contributed by atoms with Crippen LogP contribution in [0.2, 0.25) is 0 Å². The number of nitrogens with two attached hydrogens (primary N) is 1. The van der Waals surface area contributed by atoms with E-state index < -0.39 is 0 Å². The molecule has 2 aliphatic rings. The summed E-state index contributed by atoms with van der Waals surface area (Å²) < 4.78 is 5.98. The van der Waals surface area contributed by atoms with Gasteiger partial charge in [-0.05, 0) is 56.0 Å². The van der Waals surface area contributed by atoms with Crippen LogP contribution in [-0.2, 0) is 4.74 Å². The molecule has 0 bridgehead atoms. The van der Waals surface area contributed by atoms with Gasteiger partial charge in [0, 0.05) is 18.7 Å². The molecular formula is C18H36N2O. The quantitative estimate of drug-likeness (QED) is 0.868. The van der Waals surface area contributed by atoms with Crippen molar-refractivity contribution in [3.8, 4) is 0 Å². The lowest BCUT2D eigenvalue weighted by molar-refractivity contribution is -0.0970. The third kappa shape index (κ3) is 3.80. The fourth-order valence-corrected chi connectivity index (χ4v) is 4.19. The van der Waals surface area contributed by atoms with Gasteiger partial charge in [-0.15, -0.1) is 0 Å². The molecule has 0 amide bonds. The molecule has 2 saturated heterocycles. The lowest BCUT2D eigenvalue weighted by atomic mass is 9.73. The van der Waals surface area contributed by atoms with Crippen LogP contribution >= 0.6 is 0 Å². The highest BCUT2D eigenvalue weighted by atomic mass is 16.5. The van der Waals surface area contributed by atoms with Crippen molar-refractivity contribution in [2.24, 2.45) is 23.0 Å². The molecule has 3 nitrogen and oxygen atoms in total. The van der Waals surface area contributed by atoms with Crippen molar-refractivity contribution in [3.63, 3.8) is 0 Å². The molecular weight excluding hydrogens is 260 g/mol. The normalized spacial score (nSPS) is 33.6. The molecule has 2 atom stereocenters. The van der Waals surface area contributed by atoms with E-state index in [1.54, 1.807) is 0 Å². The molecule has 124 valence electrons. The van der Waals surface area contributed by atoms with Gasteiger partial charge in [-0.3, -0.25) is 4.90 Å². The van der Waals surface area contributed by atoms with Crippen LogP contribution in [0.3, 0.4) is 0 Å². The number of piperidine rings is 1. The summed E-state index contributed by atoms with van der Waals surface area (Å²) in [6.45, 7) is 15.8. The Morgan fingerprint density at radius 2 is 1.86 bits per heavy atom. The molecule has 0 spiro atoms. The maximum atomic E-state index is 6.25. The molecule has 0 saturated carbocycles. The average molecular weight is 296 g/mol. The summed E-state index contributed by atoms with van der Waals surface area (Å²) in [5.74, 6) is 1.44. The maximum absolute atomic E-state index is 6.25. The maximum Gasteiger partial charge on any atom is 0.0616 e. The van der Waals surface area contributed by atoms with Gasteiger partial charge in [-0.25, -0.2) is 0 Å². The zero-order valence-corrected chi connectivity index (χ0v) is 14.8. The first kappa shape index (κ1) is 17.2. The van der Waals surface area contributed by atoms with Crippen molar-refractivity contribution < 1.29 is 4.74 Å². The van der Waals surface area contributed by atoms with Crippen LogP contribution in [0.5, 0.6) is 0 Å². The third-order valence-electron chi connectivity index (χ3n) is 5.99. The summed E-state index contributed by atoms with van der Waals surface area (Å²) in [5, 5.41) is 0. The van der Waals surface area contributed by atoms with E-state index in [0.29, 0.717) is 17.4 Å². The zero-order valence-electron chi connectivity index (χ0n) is 14.8. The van der Waals surface area contributed by atoms with E-state index in [0.717, 1.165) is 31.9 Å². The number of nitrogens with zero attached hydrogens (tertiary/aromatic N) is 1. The standard InChI is InChI=1S/C18H36N2O/c1-14(2)16-12-18(13-19,8-11-21-16)20-9-6-15(7-10-20)17(3,4)5/h14-16H,6-13,19H2,1-5H3. The van der Waals surface area contributed by atoms with Crippen LogP contribution in [0.15, 0.2) is 0 Å².